The van der Waals surface area contributed by atoms with Crippen LogP contribution in [-0.4, -0.2) is 35.0 Å². The van der Waals surface area contributed by atoms with Gasteiger partial charge in [0.2, 0.25) is 0 Å². The molecule has 2 atom stereocenters. The third-order valence-electron chi connectivity index (χ3n) is 7.07. The Kier molecular flexibility index (Phi) is 11.9. The molecule has 0 bridgehead atoms. The van der Waals surface area contributed by atoms with E-state index < -0.39 is 24.0 Å². The predicted octanol–water partition coefficient (Wildman–Crippen LogP) is 2.48. The van der Waals surface area contributed by atoms with E-state index in [1.54, 1.807) is 6.07 Å². The molecule has 0 spiro atoms. The van der Waals surface area contributed by atoms with Gasteiger partial charge in [0, 0.05) is 5.56 Å². The van der Waals surface area contributed by atoms with Gasteiger partial charge in [-0.05, 0) is 95.3 Å². The van der Waals surface area contributed by atoms with Crippen molar-refractivity contribution in [1.82, 2.24) is 5.32 Å². The van der Waals surface area contributed by atoms with Crippen LogP contribution in [0.1, 0.15) is 52.4 Å². The molecule has 202 valence electrons. The number of hydrogen-bond donors (Lipinski definition) is 2. The van der Waals surface area contributed by atoms with E-state index >= 15 is 0 Å². The first-order valence-corrected chi connectivity index (χ1v) is 14.6. The molecule has 4 rings (SSSR count). The Morgan fingerprint density at radius 2 is 1.62 bits per heavy atom. The van der Waals surface area contributed by atoms with E-state index in [-0.39, 0.29) is 18.9 Å². The molecule has 4 aromatic carbocycles. The molecule has 2 unspecified atom stereocenters. The van der Waals surface area contributed by atoms with Gasteiger partial charge >= 0.3 is 18.9 Å². The number of aryl methyl sites for hydroxylation is 2. The topological polar surface area (TPSA) is 89.5 Å². The zero-order chi connectivity index (χ0) is 27.8. The number of carbonyl (C=O) groups excluding carboxylic acids is 2. The van der Waals surface area contributed by atoms with Gasteiger partial charge in [-0.3, -0.25) is 4.79 Å². The number of fused-ring (bicyclic) bond motifs is 1. The van der Waals surface area contributed by atoms with E-state index in [0.29, 0.717) is 24.2 Å². The Hall–Kier alpha value is -3.01. The monoisotopic (exact) mass is 547 g/mol. The zero-order valence-corrected chi connectivity index (χ0v) is 24.2. The average molecular weight is 548 g/mol. The Bertz CT molecular complexity index is 1460. The first-order chi connectivity index (χ1) is 18.9. The number of thioether (sulfide) groups is 1. The summed E-state index contributed by atoms with van der Waals surface area (Å²) < 4.78 is 0. The molecule has 2 N–H and O–H groups in total. The minimum Gasteiger partial charge on any atom is -0.548 e. The van der Waals surface area contributed by atoms with E-state index in [9.17, 15) is 19.8 Å². The second kappa shape index (κ2) is 15.1. The number of amides is 1. The molecule has 0 fully saturated rings. The number of benzene rings is 4. The Labute approximate surface area is 252 Å². The Morgan fingerprint density at radius 3 is 2.35 bits per heavy atom. The summed E-state index contributed by atoms with van der Waals surface area (Å²) >= 11 is 1.52. The number of carboxylic acids is 1. The number of carbonyl (C=O) groups is 2. The van der Waals surface area contributed by atoms with Crippen molar-refractivity contribution in [2.45, 2.75) is 44.8 Å². The van der Waals surface area contributed by atoms with Gasteiger partial charge < -0.3 is 20.3 Å². The first kappa shape index (κ1) is 31.5. The summed E-state index contributed by atoms with van der Waals surface area (Å²) in [7, 11) is 0. The van der Waals surface area contributed by atoms with Crippen LogP contribution < -0.4 is 29.3 Å². The van der Waals surface area contributed by atoms with Gasteiger partial charge in [-0.25, -0.2) is 0 Å². The van der Waals surface area contributed by atoms with Crippen LogP contribution in [0.5, 0.6) is 0 Å². The molecule has 40 heavy (non-hydrogen) atoms. The summed E-state index contributed by atoms with van der Waals surface area (Å²) in [6.45, 7) is 1.99. The number of aliphatic hydroxyl groups excluding tert-OH is 1. The fourth-order valence-electron chi connectivity index (χ4n) is 4.84. The molecule has 0 aliphatic carbocycles. The number of aliphatic hydroxyl groups is 1. The van der Waals surface area contributed by atoms with Gasteiger partial charge in [0.25, 0.3) is 5.91 Å². The van der Waals surface area contributed by atoms with Crippen LogP contribution in [0.4, 0.5) is 0 Å². The molecule has 0 heterocycles. The molecule has 0 saturated heterocycles. The molecule has 5 nitrogen and oxygen atoms in total. The third-order valence-corrected chi connectivity index (χ3v) is 7.71. The third kappa shape index (κ3) is 8.02. The van der Waals surface area contributed by atoms with Crippen molar-refractivity contribution >= 4 is 34.4 Å². The fraction of sp³-hybridized carbons (Fsp3) is 0.273. The molecule has 0 radical (unpaired) electrons. The summed E-state index contributed by atoms with van der Waals surface area (Å²) in [5, 5.41) is 27.4. The minimum absolute atomic E-state index is 0. The SMILES string of the molecule is CSCCC(NC(=O)c1ccc(CCCC(O)c2ccc3ccccc3c2)cc1-c1ccccc1C)C(=O)[O-].[Li+]. The van der Waals surface area contributed by atoms with Crippen molar-refractivity contribution < 1.29 is 38.7 Å². The van der Waals surface area contributed by atoms with Gasteiger partial charge in [0.15, 0.2) is 0 Å². The van der Waals surface area contributed by atoms with Crippen LogP contribution in [0.15, 0.2) is 84.9 Å². The Balaban J connectivity index is 0.00000441. The van der Waals surface area contributed by atoms with Crippen molar-refractivity contribution in [1.29, 1.82) is 0 Å². The summed E-state index contributed by atoms with van der Waals surface area (Å²) in [5.41, 5.74) is 5.10. The van der Waals surface area contributed by atoms with Crippen molar-refractivity contribution in [2.24, 2.45) is 0 Å². The first-order valence-electron chi connectivity index (χ1n) is 13.2. The van der Waals surface area contributed by atoms with Crippen LogP contribution in [0.25, 0.3) is 21.9 Å². The number of aliphatic carboxylic acids is 1. The minimum atomic E-state index is -1.28. The molecule has 1 amide bonds. The van der Waals surface area contributed by atoms with Gasteiger partial charge in [0.05, 0.1) is 18.1 Å². The molecule has 7 heteroatoms. The molecule has 0 aliphatic heterocycles. The molecule has 0 saturated carbocycles. The maximum atomic E-state index is 13.3. The normalized spacial score (nSPS) is 12.4. The molecular formula is C33H34LiNO4S. The summed E-state index contributed by atoms with van der Waals surface area (Å²) in [5.74, 6) is -1.11. The van der Waals surface area contributed by atoms with E-state index in [2.05, 4.69) is 11.4 Å². The summed E-state index contributed by atoms with van der Waals surface area (Å²) in [4.78, 5) is 24.9. The number of nitrogens with one attached hydrogen (secondary N) is 1. The molecular weight excluding hydrogens is 513 g/mol. The second-order valence-corrected chi connectivity index (χ2v) is 10.8. The van der Waals surface area contributed by atoms with Gasteiger partial charge in [-0.15, -0.1) is 0 Å². The number of rotatable bonds is 12. The van der Waals surface area contributed by atoms with Crippen molar-refractivity contribution in [3.8, 4) is 11.1 Å². The molecule has 0 aliphatic rings. The summed E-state index contributed by atoms with van der Waals surface area (Å²) in [6, 6.07) is 26.7. The molecule has 0 aromatic heterocycles. The zero-order valence-electron chi connectivity index (χ0n) is 23.4. The average Bonchev–Trinajstić information content (AvgIpc) is 2.94. The smallest absolute Gasteiger partial charge is 0.548 e. The van der Waals surface area contributed by atoms with E-state index in [0.717, 1.165) is 51.4 Å². The second-order valence-electron chi connectivity index (χ2n) is 9.84. The van der Waals surface area contributed by atoms with Gasteiger partial charge in [0.1, 0.15) is 0 Å². The maximum Gasteiger partial charge on any atom is 1.00 e. The Morgan fingerprint density at radius 1 is 0.900 bits per heavy atom. The van der Waals surface area contributed by atoms with Crippen molar-refractivity contribution in [3.05, 3.63) is 107 Å². The summed E-state index contributed by atoms with van der Waals surface area (Å²) in [6.07, 6.45) is 3.76. The number of hydrogen-bond acceptors (Lipinski definition) is 5. The van der Waals surface area contributed by atoms with Crippen LogP contribution in [-0.2, 0) is 11.2 Å². The largest absolute Gasteiger partial charge is 1.00 e. The van der Waals surface area contributed by atoms with E-state index in [1.807, 2.05) is 86.0 Å². The fourth-order valence-corrected chi connectivity index (χ4v) is 5.32. The maximum absolute atomic E-state index is 13.3. The van der Waals surface area contributed by atoms with E-state index in [4.69, 9.17) is 0 Å². The van der Waals surface area contributed by atoms with Crippen LogP contribution in [0.2, 0.25) is 0 Å². The quantitative estimate of drug-likeness (QED) is 0.266. The van der Waals surface area contributed by atoms with E-state index in [1.165, 1.54) is 11.8 Å². The van der Waals surface area contributed by atoms with Crippen molar-refractivity contribution in [2.75, 3.05) is 12.0 Å². The van der Waals surface area contributed by atoms with Crippen LogP contribution in [0, 0.1) is 6.92 Å². The van der Waals surface area contributed by atoms with Crippen molar-refractivity contribution in [3.63, 3.8) is 0 Å². The molecule has 4 aromatic rings. The van der Waals surface area contributed by atoms with Gasteiger partial charge in [-0.1, -0.05) is 72.8 Å². The predicted molar refractivity (Wildman–Crippen MR) is 158 cm³/mol. The van der Waals surface area contributed by atoms with Crippen LogP contribution in [0.3, 0.4) is 0 Å². The van der Waals surface area contributed by atoms with Crippen LogP contribution >= 0.6 is 11.8 Å². The standard InChI is InChI=1S/C33H35NO4S.Li/c1-22-8-3-6-12-27(22)29-20-23(14-17-28(29)32(36)34-30(33(37)38)18-19-39-2)9-7-13-31(35)26-16-15-24-10-4-5-11-25(24)21-26;/h3-6,8,10-12,14-17,20-21,30-31,35H,7,9,13,18-19H2,1-2H3,(H,34,36)(H,37,38);/q;+1/p-1. The number of carboxylic acid groups (broad SMARTS) is 1. The van der Waals surface area contributed by atoms with Gasteiger partial charge in [-0.2, -0.15) is 11.8 Å².